The zero-order valence-electron chi connectivity index (χ0n) is 45.5. The Hall–Kier alpha value is -2.23. The quantitative estimate of drug-likeness (QED) is 0.0195. The van der Waals surface area contributed by atoms with Crippen LogP contribution in [-0.2, 0) is 33.3 Å². The predicted molar refractivity (Wildman–Crippen MR) is 283 cm³/mol. The number of carboxylic acids is 1. The van der Waals surface area contributed by atoms with E-state index in [-0.39, 0.29) is 32.2 Å². The van der Waals surface area contributed by atoms with Crippen LogP contribution in [0.15, 0.2) is 24.3 Å². The molecule has 0 heterocycles. The molecule has 2 atom stereocenters. The Balaban J connectivity index is 3.90. The van der Waals surface area contributed by atoms with Crippen LogP contribution in [-0.4, -0.2) is 82.3 Å². The Bertz CT molecular complexity index is 1170. The number of hydrogen-bond acceptors (Lipinski definition) is 8. The van der Waals surface area contributed by atoms with E-state index in [0.29, 0.717) is 17.4 Å². The van der Waals surface area contributed by atoms with Gasteiger partial charge >= 0.3 is 11.9 Å². The van der Waals surface area contributed by atoms with Gasteiger partial charge in [-0.15, -0.1) is 0 Å². The van der Waals surface area contributed by atoms with E-state index in [2.05, 4.69) is 38.2 Å². The van der Waals surface area contributed by atoms with Crippen molar-refractivity contribution < 1.29 is 42.9 Å². The van der Waals surface area contributed by atoms with Crippen LogP contribution in [0.5, 0.6) is 0 Å². The van der Waals surface area contributed by atoms with Gasteiger partial charge in [-0.25, -0.2) is 0 Å². The van der Waals surface area contributed by atoms with Crippen LogP contribution in [0.3, 0.4) is 0 Å². The van der Waals surface area contributed by atoms with Crippen LogP contribution in [0.25, 0.3) is 0 Å². The lowest BCUT2D eigenvalue weighted by Crippen LogP contribution is -2.44. The fourth-order valence-electron chi connectivity index (χ4n) is 8.45. The van der Waals surface area contributed by atoms with Crippen LogP contribution < -0.4 is 5.11 Å². The number of quaternary nitrogens is 1. The Kier molecular flexibility index (Phi) is 49.5. The molecule has 0 bridgehead atoms. The van der Waals surface area contributed by atoms with Crippen molar-refractivity contribution in [1.82, 2.24) is 0 Å². The van der Waals surface area contributed by atoms with E-state index in [9.17, 15) is 19.5 Å². The summed E-state index contributed by atoms with van der Waals surface area (Å²) in [6.07, 6.45) is 57.0. The first-order chi connectivity index (χ1) is 33.1. The summed E-state index contributed by atoms with van der Waals surface area (Å²) in [6, 6.07) is 0. The third-order valence-corrected chi connectivity index (χ3v) is 13.0. The average Bonchev–Trinajstić information content (AvgIpc) is 3.30. The molecule has 0 radical (unpaired) electrons. The maximum atomic E-state index is 12.8. The summed E-state index contributed by atoms with van der Waals surface area (Å²) >= 11 is 0. The van der Waals surface area contributed by atoms with Crippen LogP contribution in [0.4, 0.5) is 0 Å². The highest BCUT2D eigenvalue weighted by molar-refractivity contribution is 5.70. The number of hydrogen-bond donors (Lipinski definition) is 0. The molecule has 0 aliphatic carbocycles. The van der Waals surface area contributed by atoms with Gasteiger partial charge in [0.15, 0.2) is 12.4 Å². The molecule has 0 aliphatic rings. The largest absolute Gasteiger partial charge is 0.545 e. The van der Waals surface area contributed by atoms with Crippen molar-refractivity contribution in [3.8, 4) is 0 Å². The predicted octanol–water partition coefficient (Wildman–Crippen LogP) is 15.4. The summed E-state index contributed by atoms with van der Waals surface area (Å²) in [6.45, 7) is 4.73. The average molecular weight is 963 g/mol. The van der Waals surface area contributed by atoms with E-state index in [0.717, 1.165) is 44.9 Å². The fourth-order valence-corrected chi connectivity index (χ4v) is 8.45. The first-order valence-corrected chi connectivity index (χ1v) is 29.0. The molecule has 0 aliphatic heterocycles. The van der Waals surface area contributed by atoms with E-state index in [1.807, 2.05) is 21.1 Å². The number of unbranched alkanes of at least 4 members (excludes halogenated alkanes) is 35. The molecule has 0 saturated heterocycles. The number of allylic oxidation sites excluding steroid dienone is 4. The SMILES string of the molecule is CCCCCCC/C=C\C/C=C\CCCCCCCCCCCCCCCCCCCCCCCCCC(=O)OC(COC(=O)CCCCCCCCCC)COC(OCC[N+](C)(C)C)C(=O)[O-]. The van der Waals surface area contributed by atoms with Crippen molar-refractivity contribution in [3.05, 3.63) is 24.3 Å². The Morgan fingerprint density at radius 1 is 0.441 bits per heavy atom. The van der Waals surface area contributed by atoms with Gasteiger partial charge in [0.1, 0.15) is 13.2 Å². The molecule has 0 fully saturated rings. The minimum Gasteiger partial charge on any atom is -0.545 e. The van der Waals surface area contributed by atoms with Crippen molar-refractivity contribution >= 4 is 17.9 Å². The summed E-state index contributed by atoms with van der Waals surface area (Å²) < 4.78 is 22.6. The highest BCUT2D eigenvalue weighted by Gasteiger charge is 2.22. The molecule has 0 aromatic heterocycles. The molecule has 0 saturated carbocycles. The first kappa shape index (κ1) is 65.8. The van der Waals surface area contributed by atoms with Crippen molar-refractivity contribution in [1.29, 1.82) is 0 Å². The second-order valence-electron chi connectivity index (χ2n) is 20.9. The molecule has 2 unspecified atom stereocenters. The van der Waals surface area contributed by atoms with Gasteiger partial charge in [0.05, 0.1) is 40.3 Å². The minimum atomic E-state index is -1.61. The second-order valence-corrected chi connectivity index (χ2v) is 20.9. The molecule has 68 heavy (non-hydrogen) atoms. The van der Waals surface area contributed by atoms with Gasteiger partial charge in [0.2, 0.25) is 0 Å². The molecular weight excluding hydrogens is 851 g/mol. The van der Waals surface area contributed by atoms with E-state index in [1.54, 1.807) is 0 Å². The molecule has 0 rings (SSSR count). The van der Waals surface area contributed by atoms with Crippen LogP contribution in [0.2, 0.25) is 0 Å². The lowest BCUT2D eigenvalue weighted by Gasteiger charge is -2.26. The monoisotopic (exact) mass is 962 g/mol. The number of carbonyl (C=O) groups excluding carboxylic acids is 3. The van der Waals surface area contributed by atoms with Gasteiger partial charge < -0.3 is 33.3 Å². The van der Waals surface area contributed by atoms with E-state index in [4.69, 9.17) is 18.9 Å². The number of nitrogens with zero attached hydrogens (tertiary/aromatic N) is 1. The number of esters is 2. The summed E-state index contributed by atoms with van der Waals surface area (Å²) in [5.74, 6) is -2.27. The number of carbonyl (C=O) groups is 3. The Morgan fingerprint density at radius 3 is 1.16 bits per heavy atom. The smallest absolute Gasteiger partial charge is 0.306 e. The molecule has 0 amide bonds. The third kappa shape index (κ3) is 51.6. The molecule has 0 N–H and O–H groups in total. The van der Waals surface area contributed by atoms with Gasteiger partial charge in [-0.2, -0.15) is 0 Å². The normalized spacial score (nSPS) is 12.9. The van der Waals surface area contributed by atoms with Gasteiger partial charge in [-0.05, 0) is 44.9 Å². The van der Waals surface area contributed by atoms with Gasteiger partial charge in [0, 0.05) is 12.8 Å². The van der Waals surface area contributed by atoms with Gasteiger partial charge in [-0.3, -0.25) is 9.59 Å². The molecule has 9 nitrogen and oxygen atoms in total. The number of aliphatic carboxylic acids is 1. The highest BCUT2D eigenvalue weighted by Crippen LogP contribution is 2.17. The molecular formula is C59H111NO8. The topological polar surface area (TPSA) is 111 Å². The third-order valence-electron chi connectivity index (χ3n) is 13.0. The number of likely N-dealkylation sites (N-methyl/N-ethyl adjacent to an activating group) is 1. The molecule has 0 spiro atoms. The number of carboxylic acid groups (broad SMARTS) is 1. The molecule has 0 aromatic carbocycles. The summed E-state index contributed by atoms with van der Waals surface area (Å²) in [7, 11) is 5.92. The van der Waals surface area contributed by atoms with E-state index in [1.165, 1.54) is 205 Å². The lowest BCUT2D eigenvalue weighted by atomic mass is 10.0. The fraction of sp³-hybridized carbons (Fsp3) is 0.881. The van der Waals surface area contributed by atoms with Crippen LogP contribution >= 0.6 is 0 Å². The van der Waals surface area contributed by atoms with E-state index >= 15 is 0 Å². The van der Waals surface area contributed by atoms with Crippen molar-refractivity contribution in [3.63, 3.8) is 0 Å². The van der Waals surface area contributed by atoms with Gasteiger partial charge in [0.25, 0.3) is 0 Å². The summed E-state index contributed by atoms with van der Waals surface area (Å²) in [5, 5.41) is 11.7. The van der Waals surface area contributed by atoms with Crippen molar-refractivity contribution in [2.75, 3.05) is 47.5 Å². The number of rotatable bonds is 54. The summed E-state index contributed by atoms with van der Waals surface area (Å²) in [5.41, 5.74) is 0. The van der Waals surface area contributed by atoms with Crippen molar-refractivity contribution in [2.24, 2.45) is 0 Å². The molecule has 400 valence electrons. The lowest BCUT2D eigenvalue weighted by molar-refractivity contribution is -0.870. The zero-order chi connectivity index (χ0) is 49.9. The maximum absolute atomic E-state index is 12.8. The maximum Gasteiger partial charge on any atom is 0.306 e. The first-order valence-electron chi connectivity index (χ1n) is 29.0. The Labute approximate surface area is 420 Å². The van der Waals surface area contributed by atoms with Crippen LogP contribution in [0.1, 0.15) is 277 Å². The molecule has 0 aromatic rings. The number of ether oxygens (including phenoxy) is 4. The van der Waals surface area contributed by atoms with Crippen molar-refractivity contribution in [2.45, 2.75) is 289 Å². The highest BCUT2D eigenvalue weighted by atomic mass is 16.7. The molecule has 9 heteroatoms. The standard InChI is InChI=1S/C59H111NO8/c1-6-8-10-12-14-16-17-18-19-20-21-22-23-24-25-26-27-28-29-30-31-32-33-34-35-36-37-38-39-40-41-42-44-46-48-50-57(62)68-55(54-67-59(58(63)64)65-52-51-60(3,4)5)53-66-56(61)49-47-45-43-15-13-11-9-7-2/h17-18,20-21,55,59H,6-16,19,22-54H2,1-5H3/b18-17-,21-20-. The summed E-state index contributed by atoms with van der Waals surface area (Å²) in [4.78, 5) is 37.0. The Morgan fingerprint density at radius 2 is 0.794 bits per heavy atom. The van der Waals surface area contributed by atoms with Crippen LogP contribution in [0, 0.1) is 0 Å². The van der Waals surface area contributed by atoms with E-state index < -0.39 is 24.3 Å². The van der Waals surface area contributed by atoms with Gasteiger partial charge in [-0.1, -0.05) is 244 Å². The zero-order valence-corrected chi connectivity index (χ0v) is 45.5. The minimum absolute atomic E-state index is 0.151. The second kappa shape index (κ2) is 51.1.